The molecule has 54 heavy (non-hydrogen) atoms. The largest absolute Gasteiger partial charge is 0.461 e. The average Bonchev–Trinajstić information content (AvgIpc) is 3.70. The van der Waals surface area contributed by atoms with Crippen molar-refractivity contribution >= 4 is 30.7 Å². The first-order chi connectivity index (χ1) is 26.0. The number of nitrogens with zero attached hydrogens (tertiary/aromatic N) is 4. The van der Waals surface area contributed by atoms with Gasteiger partial charge < -0.3 is 24.8 Å². The Hall–Kier alpha value is -3.16. The van der Waals surface area contributed by atoms with Gasteiger partial charge in [-0.2, -0.15) is 19.4 Å². The zero-order chi connectivity index (χ0) is 39.0. The number of rotatable bonds is 26. The van der Waals surface area contributed by atoms with Crippen molar-refractivity contribution in [2.45, 2.75) is 167 Å². The summed E-state index contributed by atoms with van der Waals surface area (Å²) in [6.07, 6.45) is 16.2. The smallest absolute Gasteiger partial charge is 0.459 e. The van der Waals surface area contributed by atoms with Crippen LogP contribution >= 0.6 is 7.75 Å². The highest BCUT2D eigenvalue weighted by Crippen LogP contribution is 2.48. The van der Waals surface area contributed by atoms with E-state index in [4.69, 9.17) is 24.3 Å². The van der Waals surface area contributed by atoms with Crippen LogP contribution in [0.15, 0.2) is 36.7 Å². The minimum Gasteiger partial charge on any atom is -0.461 e. The van der Waals surface area contributed by atoms with E-state index in [0.29, 0.717) is 0 Å². The van der Waals surface area contributed by atoms with Gasteiger partial charge in [0, 0.05) is 6.42 Å². The Morgan fingerprint density at radius 1 is 1.02 bits per heavy atom. The summed E-state index contributed by atoms with van der Waals surface area (Å²) in [5.41, 5.74) is 4.73. The first-order valence-electron chi connectivity index (χ1n) is 20.0. The standard InChI is InChI=1S/C39H62FN6O7P/c1-5-7-9-11-13-15-18-22-30(23-19-16-14-12-10-8-6-2)51-37(48)29(3)45-54(49,53-31-24-20-17-21-25-31)50-27-39(4)32(47)26-33(52-39)46-28-42-34-35(41)43-38(40)44-36(34)46/h17,20-21,24-25,28-30,32-33,47H,5-16,18-19,22-23,26-27H2,1-4H3,(H,45,49)(H2,41,43,44)/t29-,32-,33+,39+,54?/m0/s1. The Labute approximate surface area is 319 Å². The molecule has 0 saturated carbocycles. The molecule has 0 aliphatic carbocycles. The summed E-state index contributed by atoms with van der Waals surface area (Å²) in [5, 5.41) is 13.9. The summed E-state index contributed by atoms with van der Waals surface area (Å²) in [7, 11) is -4.28. The van der Waals surface area contributed by atoms with Crippen LogP contribution in [0, 0.1) is 6.08 Å². The van der Waals surface area contributed by atoms with E-state index in [9.17, 15) is 18.9 Å². The summed E-state index contributed by atoms with van der Waals surface area (Å²) >= 11 is 0. The first-order valence-corrected chi connectivity index (χ1v) is 21.5. The molecule has 4 rings (SSSR count). The molecule has 2 aromatic heterocycles. The number of aliphatic hydroxyl groups excluding tert-OH is 1. The Bertz CT molecular complexity index is 1600. The zero-order valence-corrected chi connectivity index (χ0v) is 33.5. The van der Waals surface area contributed by atoms with E-state index in [0.717, 1.165) is 38.5 Å². The maximum atomic E-state index is 14.4. The molecule has 1 fully saturated rings. The van der Waals surface area contributed by atoms with Gasteiger partial charge in [-0.05, 0) is 51.7 Å². The molecular weight excluding hydrogens is 714 g/mol. The van der Waals surface area contributed by atoms with E-state index in [-0.39, 0.29) is 41.9 Å². The summed E-state index contributed by atoms with van der Waals surface area (Å²) in [4.78, 5) is 25.1. The topological polar surface area (TPSA) is 173 Å². The number of hydrogen-bond acceptors (Lipinski definition) is 11. The molecule has 5 atom stereocenters. The van der Waals surface area contributed by atoms with Gasteiger partial charge >= 0.3 is 19.8 Å². The molecule has 302 valence electrons. The third kappa shape index (κ3) is 13.3. The fourth-order valence-corrected chi connectivity index (χ4v) is 8.28. The number of unbranched alkanes of at least 4 members (excludes halogenated alkanes) is 12. The lowest BCUT2D eigenvalue weighted by Crippen LogP contribution is -2.42. The van der Waals surface area contributed by atoms with Crippen LogP contribution in [0.5, 0.6) is 5.75 Å². The Kier molecular flexibility index (Phi) is 17.6. The van der Waals surface area contributed by atoms with E-state index >= 15 is 0 Å². The molecule has 3 heterocycles. The molecule has 1 aromatic carbocycles. The van der Waals surface area contributed by atoms with Crippen LogP contribution in [0.2, 0.25) is 0 Å². The number of aliphatic hydroxyl groups is 1. The molecule has 1 aliphatic heterocycles. The fraction of sp³-hybridized carbons (Fsp3) is 0.692. The highest BCUT2D eigenvalue weighted by atomic mass is 31.2. The second-order valence-electron chi connectivity index (χ2n) is 14.7. The van der Waals surface area contributed by atoms with Crippen molar-refractivity contribution in [1.82, 2.24) is 24.6 Å². The molecule has 0 radical (unpaired) electrons. The van der Waals surface area contributed by atoms with Crippen LogP contribution < -0.4 is 15.3 Å². The number of hydrogen-bond donors (Lipinski definition) is 3. The number of carbonyl (C=O) groups is 1. The average molecular weight is 777 g/mol. The number of imidazole rings is 1. The SMILES string of the molecule is CCCCCCCCCC(CCCCCCCCC)OC(=O)[C@H](C)NP(=O)(OC[C@@]1(C)O[C@@H](n2cnc3c(N)nc(F)nc32)C[C@@H]1O)Oc1ccccc1. The number of ether oxygens (including phenoxy) is 2. The molecule has 13 nitrogen and oxygen atoms in total. The van der Waals surface area contributed by atoms with E-state index in [2.05, 4.69) is 33.9 Å². The third-order valence-electron chi connectivity index (χ3n) is 10.0. The molecule has 1 saturated heterocycles. The molecule has 0 amide bonds. The monoisotopic (exact) mass is 776 g/mol. The Morgan fingerprint density at radius 3 is 2.22 bits per heavy atom. The normalized spacial score (nSPS) is 20.4. The van der Waals surface area contributed by atoms with Crippen molar-refractivity contribution in [1.29, 1.82) is 0 Å². The summed E-state index contributed by atoms with van der Waals surface area (Å²) in [6, 6.07) is 7.43. The maximum Gasteiger partial charge on any atom is 0.459 e. The lowest BCUT2D eigenvalue weighted by Gasteiger charge is -2.30. The van der Waals surface area contributed by atoms with Crippen LogP contribution in [-0.4, -0.2) is 61.1 Å². The second kappa shape index (κ2) is 21.8. The Balaban J connectivity index is 1.40. The highest BCUT2D eigenvalue weighted by molar-refractivity contribution is 7.52. The van der Waals surface area contributed by atoms with Crippen LogP contribution in [-0.2, 0) is 23.4 Å². The minimum atomic E-state index is -4.28. The number of aromatic nitrogens is 4. The number of anilines is 1. The van der Waals surface area contributed by atoms with Gasteiger partial charge in [-0.1, -0.05) is 109 Å². The van der Waals surface area contributed by atoms with Gasteiger partial charge in [0.1, 0.15) is 29.7 Å². The third-order valence-corrected chi connectivity index (χ3v) is 11.6. The number of fused-ring (bicyclic) bond motifs is 1. The number of nitrogens with two attached hydrogens (primary N) is 1. The maximum absolute atomic E-state index is 14.4. The number of carbonyl (C=O) groups excluding carboxylic acids is 1. The van der Waals surface area contributed by atoms with Crippen LogP contribution in [0.1, 0.15) is 143 Å². The van der Waals surface area contributed by atoms with Crippen molar-refractivity contribution in [2.24, 2.45) is 0 Å². The van der Waals surface area contributed by atoms with Crippen LogP contribution in [0.25, 0.3) is 11.2 Å². The van der Waals surface area contributed by atoms with Crippen molar-refractivity contribution in [3.8, 4) is 5.75 Å². The fourth-order valence-electron chi connectivity index (χ4n) is 6.70. The molecule has 3 aromatic rings. The first kappa shape index (κ1) is 43.6. The molecular formula is C39H62FN6O7P. The number of nitrogen functional groups attached to an aromatic ring is 1. The molecule has 1 unspecified atom stereocenters. The number of nitrogens with one attached hydrogen (secondary N) is 1. The quantitative estimate of drug-likeness (QED) is 0.0306. The number of benzene rings is 1. The minimum absolute atomic E-state index is 0.0652. The molecule has 0 bridgehead atoms. The summed E-state index contributed by atoms with van der Waals surface area (Å²) in [5.74, 6) is -0.416. The number of para-hydroxylation sites is 1. The van der Waals surface area contributed by atoms with Gasteiger partial charge in [0.15, 0.2) is 17.0 Å². The van der Waals surface area contributed by atoms with Gasteiger partial charge in [-0.15, -0.1) is 0 Å². The molecule has 0 spiro atoms. The molecule has 1 aliphatic rings. The van der Waals surface area contributed by atoms with Crippen LogP contribution in [0.4, 0.5) is 10.2 Å². The van der Waals surface area contributed by atoms with Gasteiger partial charge in [0.2, 0.25) is 0 Å². The van der Waals surface area contributed by atoms with Crippen molar-refractivity contribution in [3.63, 3.8) is 0 Å². The number of esters is 1. The van der Waals surface area contributed by atoms with E-state index in [1.165, 1.54) is 75.1 Å². The van der Waals surface area contributed by atoms with Gasteiger partial charge in [0.25, 0.3) is 0 Å². The van der Waals surface area contributed by atoms with Gasteiger partial charge in [0.05, 0.1) is 19.0 Å². The molecule has 4 N–H and O–H groups in total. The second-order valence-corrected chi connectivity index (χ2v) is 16.4. The Morgan fingerprint density at radius 2 is 1.61 bits per heavy atom. The number of halogens is 1. The van der Waals surface area contributed by atoms with E-state index in [1.54, 1.807) is 44.2 Å². The molecule has 15 heteroatoms. The summed E-state index contributed by atoms with van der Waals surface area (Å²) < 4.78 is 54.0. The van der Waals surface area contributed by atoms with Crippen molar-refractivity contribution in [2.75, 3.05) is 12.3 Å². The van der Waals surface area contributed by atoms with E-state index < -0.39 is 43.8 Å². The summed E-state index contributed by atoms with van der Waals surface area (Å²) in [6.45, 7) is 7.21. The predicted octanol–water partition coefficient (Wildman–Crippen LogP) is 8.96. The van der Waals surface area contributed by atoms with E-state index in [1.807, 2.05) is 0 Å². The van der Waals surface area contributed by atoms with Crippen molar-refractivity contribution < 1.29 is 37.4 Å². The lowest BCUT2D eigenvalue weighted by molar-refractivity contribution is -0.151. The highest BCUT2D eigenvalue weighted by Gasteiger charge is 2.48. The lowest BCUT2D eigenvalue weighted by atomic mass is 10.0. The van der Waals surface area contributed by atoms with Crippen LogP contribution in [0.3, 0.4) is 0 Å². The van der Waals surface area contributed by atoms with Crippen molar-refractivity contribution in [3.05, 3.63) is 42.7 Å². The predicted molar refractivity (Wildman–Crippen MR) is 207 cm³/mol. The van der Waals surface area contributed by atoms with Gasteiger partial charge in [-0.25, -0.2) is 9.55 Å². The van der Waals surface area contributed by atoms with Gasteiger partial charge in [-0.3, -0.25) is 13.9 Å². The zero-order valence-electron chi connectivity index (χ0n) is 32.6.